The van der Waals surface area contributed by atoms with Crippen molar-refractivity contribution in [1.29, 1.82) is 0 Å². The molecule has 7 aromatic carbocycles. The standard InChI is InChI=1S/C56H54N4/c1-31-24-33(3)49(34(4)25-31)47-29-45(57-53(59-47)55(7,8)9)39-19-18-38-28-44(37-16-14-13-15-17-37)43-21-20-40(42-23-22-41(39)51(38)52(42)43)46-30-48(60-54(58-46)56(10,11)12)50-35(5)26-32(2)27-36(50)6/h13-30H,1-12H3. The molecule has 0 fully saturated rings. The van der Waals surface area contributed by atoms with E-state index in [0.29, 0.717) is 0 Å². The van der Waals surface area contributed by atoms with Crippen molar-refractivity contribution in [3.05, 3.63) is 154 Å². The summed E-state index contributed by atoms with van der Waals surface area (Å²) in [6.45, 7) is 26.3. The summed E-state index contributed by atoms with van der Waals surface area (Å²) in [6, 6.07) is 40.4. The predicted molar refractivity (Wildman–Crippen MR) is 254 cm³/mol. The fourth-order valence-corrected chi connectivity index (χ4v) is 9.46. The average molecular weight is 783 g/mol. The van der Waals surface area contributed by atoms with Crippen LogP contribution in [0.15, 0.2) is 109 Å². The smallest absolute Gasteiger partial charge is 0.135 e. The molecule has 4 nitrogen and oxygen atoms in total. The average Bonchev–Trinajstić information content (AvgIpc) is 3.18. The van der Waals surface area contributed by atoms with E-state index in [2.05, 4.69) is 192 Å². The van der Waals surface area contributed by atoms with Crippen molar-refractivity contribution in [3.63, 3.8) is 0 Å². The van der Waals surface area contributed by atoms with Crippen molar-refractivity contribution in [2.45, 2.75) is 93.9 Å². The van der Waals surface area contributed by atoms with Crippen LogP contribution in [0.25, 0.3) is 88.5 Å². The van der Waals surface area contributed by atoms with Gasteiger partial charge in [-0.1, -0.05) is 144 Å². The molecule has 0 unspecified atom stereocenters. The van der Waals surface area contributed by atoms with E-state index in [0.717, 1.165) is 45.6 Å². The lowest BCUT2D eigenvalue weighted by atomic mass is 9.84. The van der Waals surface area contributed by atoms with Crippen LogP contribution in [0.3, 0.4) is 0 Å². The molecule has 2 heterocycles. The van der Waals surface area contributed by atoms with E-state index >= 15 is 0 Å². The van der Waals surface area contributed by atoms with Gasteiger partial charge in [-0.2, -0.15) is 0 Å². The largest absolute Gasteiger partial charge is 0.232 e. The van der Waals surface area contributed by atoms with Gasteiger partial charge in [-0.05, 0) is 125 Å². The Balaban J connectivity index is 1.36. The molecular formula is C56H54N4. The molecular weight excluding hydrogens is 729 g/mol. The number of aromatic nitrogens is 4. The van der Waals surface area contributed by atoms with Crippen LogP contribution in [0, 0.1) is 41.5 Å². The number of nitrogens with zero attached hydrogens (tertiary/aromatic N) is 4. The van der Waals surface area contributed by atoms with Gasteiger partial charge in [-0.15, -0.1) is 0 Å². The van der Waals surface area contributed by atoms with Crippen molar-refractivity contribution in [1.82, 2.24) is 19.9 Å². The summed E-state index contributed by atoms with van der Waals surface area (Å²) in [6.07, 6.45) is 0. The van der Waals surface area contributed by atoms with Gasteiger partial charge in [-0.25, -0.2) is 19.9 Å². The van der Waals surface area contributed by atoms with Gasteiger partial charge < -0.3 is 0 Å². The van der Waals surface area contributed by atoms with Crippen molar-refractivity contribution in [2.24, 2.45) is 0 Å². The van der Waals surface area contributed by atoms with Crippen LogP contribution in [-0.4, -0.2) is 19.9 Å². The van der Waals surface area contributed by atoms with Gasteiger partial charge >= 0.3 is 0 Å². The molecule has 4 heteroatoms. The molecule has 9 rings (SSSR count). The van der Waals surface area contributed by atoms with E-state index < -0.39 is 0 Å². The molecule has 2 aromatic heterocycles. The van der Waals surface area contributed by atoms with Gasteiger partial charge in [0.2, 0.25) is 0 Å². The maximum absolute atomic E-state index is 5.37. The first-order chi connectivity index (χ1) is 28.5. The van der Waals surface area contributed by atoms with Crippen LogP contribution in [0.1, 0.15) is 86.6 Å². The minimum absolute atomic E-state index is 0.251. The Morgan fingerprint density at radius 1 is 0.367 bits per heavy atom. The molecule has 60 heavy (non-hydrogen) atoms. The highest BCUT2D eigenvalue weighted by atomic mass is 14.9. The van der Waals surface area contributed by atoms with Crippen molar-refractivity contribution >= 4 is 32.3 Å². The van der Waals surface area contributed by atoms with Gasteiger partial charge in [0.1, 0.15) is 11.6 Å². The maximum atomic E-state index is 5.37. The Morgan fingerprint density at radius 3 is 1.23 bits per heavy atom. The lowest BCUT2D eigenvalue weighted by Gasteiger charge is -2.22. The van der Waals surface area contributed by atoms with E-state index in [9.17, 15) is 0 Å². The van der Waals surface area contributed by atoms with Crippen molar-refractivity contribution < 1.29 is 0 Å². The monoisotopic (exact) mass is 782 g/mol. The summed E-state index contributed by atoms with van der Waals surface area (Å²) in [5.74, 6) is 1.67. The lowest BCUT2D eigenvalue weighted by Crippen LogP contribution is -2.17. The van der Waals surface area contributed by atoms with Crippen LogP contribution in [-0.2, 0) is 10.8 Å². The van der Waals surface area contributed by atoms with E-state index in [4.69, 9.17) is 19.9 Å². The second kappa shape index (κ2) is 14.2. The normalized spacial score (nSPS) is 12.3. The summed E-state index contributed by atoms with van der Waals surface area (Å²) in [4.78, 5) is 21.2. The number of hydrogen-bond donors (Lipinski definition) is 0. The van der Waals surface area contributed by atoms with Gasteiger partial charge in [-0.3, -0.25) is 0 Å². The molecule has 0 aliphatic heterocycles. The van der Waals surface area contributed by atoms with Gasteiger partial charge in [0, 0.05) is 33.1 Å². The number of benzene rings is 7. The zero-order chi connectivity index (χ0) is 42.4. The Kier molecular flexibility index (Phi) is 9.28. The van der Waals surface area contributed by atoms with Crippen molar-refractivity contribution in [3.8, 4) is 56.2 Å². The summed E-state index contributed by atoms with van der Waals surface area (Å²) in [7, 11) is 0. The highest BCUT2D eigenvalue weighted by Crippen LogP contribution is 2.46. The highest BCUT2D eigenvalue weighted by molar-refractivity contribution is 6.30. The second-order valence-electron chi connectivity index (χ2n) is 19.2. The molecule has 298 valence electrons. The zero-order valence-corrected chi connectivity index (χ0v) is 37.2. The molecule has 0 saturated carbocycles. The molecule has 0 atom stereocenters. The molecule has 9 aromatic rings. The van der Waals surface area contributed by atoms with Gasteiger partial charge in [0.15, 0.2) is 0 Å². The van der Waals surface area contributed by atoms with Crippen LogP contribution in [0.5, 0.6) is 0 Å². The van der Waals surface area contributed by atoms with Crippen molar-refractivity contribution in [2.75, 3.05) is 0 Å². The topological polar surface area (TPSA) is 51.6 Å². The minimum atomic E-state index is -0.256. The first kappa shape index (κ1) is 39.2. The summed E-state index contributed by atoms with van der Waals surface area (Å²) >= 11 is 0. The first-order valence-corrected chi connectivity index (χ1v) is 21.2. The molecule has 0 spiro atoms. The Hall–Kier alpha value is -6.26. The molecule has 0 radical (unpaired) electrons. The summed E-state index contributed by atoms with van der Waals surface area (Å²) < 4.78 is 0. The SMILES string of the molecule is Cc1cc(C)c(-c2cc(-c3ccc4cc(-c5ccccc5)c5ccc(-c6cc(-c7c(C)cc(C)cc7C)nc(C(C)(C)C)n6)c6ccc3c4c56)nc(C(C)(C)C)n2)c(C)c1. The van der Waals surface area contributed by atoms with Gasteiger partial charge in [0.25, 0.3) is 0 Å². The quantitative estimate of drug-likeness (QED) is 0.163. The third-order valence-corrected chi connectivity index (χ3v) is 12.1. The van der Waals surface area contributed by atoms with E-state index in [1.807, 2.05) is 0 Å². The predicted octanol–water partition coefficient (Wildman–Crippen LogP) is 14.9. The fraction of sp³-hybridized carbons (Fsp3) is 0.250. The number of rotatable bonds is 5. The van der Waals surface area contributed by atoms with Crippen LogP contribution >= 0.6 is 0 Å². The third-order valence-electron chi connectivity index (χ3n) is 12.1. The zero-order valence-electron chi connectivity index (χ0n) is 37.2. The summed E-state index contributed by atoms with van der Waals surface area (Å²) in [5.41, 5.74) is 17.7. The number of hydrogen-bond acceptors (Lipinski definition) is 4. The first-order valence-electron chi connectivity index (χ1n) is 21.2. The van der Waals surface area contributed by atoms with Crippen LogP contribution in [0.2, 0.25) is 0 Å². The molecule has 0 amide bonds. The van der Waals surface area contributed by atoms with E-state index in [1.165, 1.54) is 88.0 Å². The molecule has 0 aliphatic carbocycles. The third kappa shape index (κ3) is 6.72. The Bertz CT molecular complexity index is 3110. The van der Waals surface area contributed by atoms with Crippen LogP contribution in [0.4, 0.5) is 0 Å². The number of aryl methyl sites for hydroxylation is 6. The molecule has 0 bridgehead atoms. The second-order valence-corrected chi connectivity index (χ2v) is 19.2. The molecule has 0 aliphatic rings. The highest BCUT2D eigenvalue weighted by Gasteiger charge is 2.26. The molecule has 0 saturated heterocycles. The lowest BCUT2D eigenvalue weighted by molar-refractivity contribution is 0.546. The van der Waals surface area contributed by atoms with E-state index in [-0.39, 0.29) is 10.8 Å². The molecule has 0 N–H and O–H groups in total. The van der Waals surface area contributed by atoms with Crippen LogP contribution < -0.4 is 0 Å². The maximum Gasteiger partial charge on any atom is 0.135 e. The fourth-order valence-electron chi connectivity index (χ4n) is 9.46. The minimum Gasteiger partial charge on any atom is -0.232 e. The summed E-state index contributed by atoms with van der Waals surface area (Å²) in [5, 5.41) is 7.23. The Morgan fingerprint density at radius 2 is 0.767 bits per heavy atom. The van der Waals surface area contributed by atoms with E-state index in [1.54, 1.807) is 0 Å². The van der Waals surface area contributed by atoms with Gasteiger partial charge in [0.05, 0.1) is 22.8 Å². The Labute approximate surface area is 355 Å².